The van der Waals surface area contributed by atoms with E-state index in [-0.39, 0.29) is 5.56 Å². The van der Waals surface area contributed by atoms with Crippen LogP contribution in [-0.2, 0) is 0 Å². The van der Waals surface area contributed by atoms with Crippen molar-refractivity contribution in [2.75, 3.05) is 5.32 Å². The van der Waals surface area contributed by atoms with Gasteiger partial charge in [-0.2, -0.15) is 0 Å². The first-order valence-electron chi connectivity index (χ1n) is 6.07. The van der Waals surface area contributed by atoms with Crippen LogP contribution in [0.4, 0.5) is 18.9 Å². The van der Waals surface area contributed by atoms with Crippen molar-refractivity contribution in [3.05, 3.63) is 65.6 Å². The Morgan fingerprint density at radius 1 is 1.05 bits per heavy atom. The van der Waals surface area contributed by atoms with Crippen molar-refractivity contribution in [1.29, 1.82) is 0 Å². The van der Waals surface area contributed by atoms with Gasteiger partial charge in [0.1, 0.15) is 5.82 Å². The highest BCUT2D eigenvalue weighted by molar-refractivity contribution is 6.06. The molecule has 0 aliphatic heterocycles. The molecule has 2 aromatic carbocycles. The molecule has 2 N–H and O–H groups in total. The minimum absolute atomic E-state index is 0.256. The van der Waals surface area contributed by atoms with Gasteiger partial charge in [-0.3, -0.25) is 4.79 Å². The van der Waals surface area contributed by atoms with Crippen LogP contribution in [0.2, 0.25) is 0 Å². The number of fused-ring (bicyclic) bond motifs is 1. The van der Waals surface area contributed by atoms with Gasteiger partial charge in [-0.25, -0.2) is 13.2 Å². The van der Waals surface area contributed by atoms with Crippen LogP contribution >= 0.6 is 0 Å². The lowest BCUT2D eigenvalue weighted by atomic mass is 10.1. The molecule has 6 heteroatoms. The number of carbonyl (C=O) groups excluding carboxylic acids is 1. The van der Waals surface area contributed by atoms with Crippen molar-refractivity contribution in [1.82, 2.24) is 4.98 Å². The van der Waals surface area contributed by atoms with E-state index in [9.17, 15) is 18.0 Å². The number of amides is 1. The summed E-state index contributed by atoms with van der Waals surface area (Å²) < 4.78 is 39.7. The van der Waals surface area contributed by atoms with E-state index in [2.05, 4.69) is 10.3 Å². The van der Waals surface area contributed by atoms with Gasteiger partial charge in [0, 0.05) is 34.8 Å². The first kappa shape index (κ1) is 13.2. The summed E-state index contributed by atoms with van der Waals surface area (Å²) >= 11 is 0. The highest BCUT2D eigenvalue weighted by Crippen LogP contribution is 2.21. The first-order chi connectivity index (χ1) is 10.0. The monoisotopic (exact) mass is 290 g/mol. The van der Waals surface area contributed by atoms with Crippen molar-refractivity contribution in [2.24, 2.45) is 0 Å². The number of carbonyl (C=O) groups is 1. The number of H-pyrrole nitrogens is 1. The van der Waals surface area contributed by atoms with Crippen LogP contribution in [0.15, 0.2) is 42.6 Å². The molecule has 0 fully saturated rings. The third-order valence-electron chi connectivity index (χ3n) is 3.06. The molecule has 1 heterocycles. The normalized spacial score (nSPS) is 10.8. The Balaban J connectivity index is 1.92. The molecule has 0 bridgehead atoms. The van der Waals surface area contributed by atoms with Crippen LogP contribution in [0.5, 0.6) is 0 Å². The molecule has 3 rings (SSSR count). The number of hydrogen-bond acceptors (Lipinski definition) is 1. The van der Waals surface area contributed by atoms with Crippen molar-refractivity contribution in [3.63, 3.8) is 0 Å². The zero-order chi connectivity index (χ0) is 15.0. The van der Waals surface area contributed by atoms with Crippen LogP contribution in [0.25, 0.3) is 10.9 Å². The van der Waals surface area contributed by atoms with Crippen molar-refractivity contribution >= 4 is 22.5 Å². The molecular formula is C15H9F3N2O. The molecule has 106 valence electrons. The molecule has 1 aromatic heterocycles. The summed E-state index contributed by atoms with van der Waals surface area (Å²) in [5.41, 5.74) is 0.562. The van der Waals surface area contributed by atoms with Gasteiger partial charge in [-0.15, -0.1) is 0 Å². The summed E-state index contributed by atoms with van der Waals surface area (Å²) in [6.45, 7) is 0. The molecule has 3 aromatic rings. The third kappa shape index (κ3) is 2.47. The maximum atomic E-state index is 13.5. The fourth-order valence-corrected chi connectivity index (χ4v) is 2.04. The molecule has 1 amide bonds. The zero-order valence-electron chi connectivity index (χ0n) is 10.6. The molecule has 0 spiro atoms. The van der Waals surface area contributed by atoms with Gasteiger partial charge >= 0.3 is 0 Å². The van der Waals surface area contributed by atoms with E-state index >= 15 is 0 Å². The number of nitrogens with one attached hydrogen (secondary N) is 2. The standard InChI is InChI=1S/C15H9F3N2O/c16-10-6-11(17)14(18)13(7-10)20-15(21)9-1-2-12-8(5-9)3-4-19-12/h1-7,19H,(H,20,21). The second-order valence-corrected chi connectivity index (χ2v) is 4.48. The van der Waals surface area contributed by atoms with Crippen LogP contribution in [-0.4, -0.2) is 10.9 Å². The van der Waals surface area contributed by atoms with E-state index in [1.807, 2.05) is 0 Å². The minimum atomic E-state index is -1.36. The number of aromatic nitrogens is 1. The molecule has 0 unspecified atom stereocenters. The molecular weight excluding hydrogens is 281 g/mol. The molecule has 3 nitrogen and oxygen atoms in total. The summed E-state index contributed by atoms with van der Waals surface area (Å²) in [6.07, 6.45) is 1.72. The summed E-state index contributed by atoms with van der Waals surface area (Å²) in [5, 5.41) is 2.96. The van der Waals surface area contributed by atoms with Gasteiger partial charge in [0.05, 0.1) is 5.69 Å². The number of anilines is 1. The van der Waals surface area contributed by atoms with E-state index < -0.39 is 29.0 Å². The summed E-state index contributed by atoms with van der Waals surface area (Å²) in [7, 11) is 0. The van der Waals surface area contributed by atoms with E-state index in [1.54, 1.807) is 24.4 Å². The predicted molar refractivity (Wildman–Crippen MR) is 72.6 cm³/mol. The number of benzene rings is 2. The molecule has 0 atom stereocenters. The fraction of sp³-hybridized carbons (Fsp3) is 0. The lowest BCUT2D eigenvalue weighted by Gasteiger charge is -2.07. The number of halogens is 3. The largest absolute Gasteiger partial charge is 0.361 e. The number of hydrogen-bond donors (Lipinski definition) is 2. The van der Waals surface area contributed by atoms with E-state index in [1.165, 1.54) is 6.07 Å². The SMILES string of the molecule is O=C(Nc1cc(F)cc(F)c1F)c1ccc2[nH]ccc2c1. The minimum Gasteiger partial charge on any atom is -0.361 e. The zero-order valence-corrected chi connectivity index (χ0v) is 10.6. The predicted octanol–water partition coefficient (Wildman–Crippen LogP) is 3.84. The third-order valence-corrected chi connectivity index (χ3v) is 3.06. The maximum absolute atomic E-state index is 13.5. The summed E-state index contributed by atoms with van der Waals surface area (Å²) in [6, 6.07) is 7.72. The van der Waals surface area contributed by atoms with E-state index in [0.29, 0.717) is 6.07 Å². The Kier molecular flexibility index (Phi) is 3.13. The van der Waals surface area contributed by atoms with Gasteiger partial charge in [0.2, 0.25) is 0 Å². The Morgan fingerprint density at radius 3 is 2.67 bits per heavy atom. The topological polar surface area (TPSA) is 44.9 Å². The van der Waals surface area contributed by atoms with Gasteiger partial charge in [0.15, 0.2) is 11.6 Å². The van der Waals surface area contributed by atoms with Gasteiger partial charge < -0.3 is 10.3 Å². The second-order valence-electron chi connectivity index (χ2n) is 4.48. The molecule has 0 radical (unpaired) electrons. The van der Waals surface area contributed by atoms with E-state index in [0.717, 1.165) is 17.0 Å². The molecule has 21 heavy (non-hydrogen) atoms. The highest BCUT2D eigenvalue weighted by atomic mass is 19.2. The fourth-order valence-electron chi connectivity index (χ4n) is 2.04. The van der Waals surface area contributed by atoms with Crippen molar-refractivity contribution < 1.29 is 18.0 Å². The van der Waals surface area contributed by atoms with Crippen LogP contribution in [0.1, 0.15) is 10.4 Å². The first-order valence-corrected chi connectivity index (χ1v) is 6.07. The quantitative estimate of drug-likeness (QED) is 0.692. The van der Waals surface area contributed by atoms with Gasteiger partial charge in [0.25, 0.3) is 5.91 Å². The van der Waals surface area contributed by atoms with Crippen molar-refractivity contribution in [2.45, 2.75) is 0 Å². The van der Waals surface area contributed by atoms with Crippen LogP contribution < -0.4 is 5.32 Å². The molecule has 0 saturated heterocycles. The molecule has 0 aliphatic carbocycles. The van der Waals surface area contributed by atoms with Crippen LogP contribution in [0, 0.1) is 17.5 Å². The Hall–Kier alpha value is -2.76. The average molecular weight is 290 g/mol. The molecule has 0 aliphatic rings. The number of rotatable bonds is 2. The average Bonchev–Trinajstić information content (AvgIpc) is 2.91. The lowest BCUT2D eigenvalue weighted by Crippen LogP contribution is -2.13. The van der Waals surface area contributed by atoms with E-state index in [4.69, 9.17) is 0 Å². The van der Waals surface area contributed by atoms with Gasteiger partial charge in [-0.05, 0) is 24.3 Å². The molecule has 0 saturated carbocycles. The Bertz CT molecular complexity index is 842. The van der Waals surface area contributed by atoms with Crippen LogP contribution in [0.3, 0.4) is 0 Å². The van der Waals surface area contributed by atoms with Crippen molar-refractivity contribution in [3.8, 4) is 0 Å². The highest BCUT2D eigenvalue weighted by Gasteiger charge is 2.15. The lowest BCUT2D eigenvalue weighted by molar-refractivity contribution is 0.102. The second kappa shape index (κ2) is 4.97. The Labute approximate surface area is 117 Å². The Morgan fingerprint density at radius 2 is 1.86 bits per heavy atom. The summed E-state index contributed by atoms with van der Waals surface area (Å²) in [4.78, 5) is 15.0. The number of aromatic amines is 1. The smallest absolute Gasteiger partial charge is 0.255 e. The van der Waals surface area contributed by atoms with Gasteiger partial charge in [-0.1, -0.05) is 0 Å². The maximum Gasteiger partial charge on any atom is 0.255 e. The summed E-state index contributed by atoms with van der Waals surface area (Å²) in [5.74, 6) is -4.27.